The molecular weight excluding hydrogens is 384 g/mol. The molecular formula is C24H36O6. The molecule has 4 unspecified atom stereocenters. The minimum absolute atomic E-state index is 0.0552. The fourth-order valence-electron chi connectivity index (χ4n) is 6.62. The lowest BCUT2D eigenvalue weighted by Gasteiger charge is -2.48. The second-order valence-electron chi connectivity index (χ2n) is 10.4. The van der Waals surface area contributed by atoms with E-state index in [1.807, 2.05) is 27.7 Å². The minimum Gasteiger partial charge on any atom is -0.459 e. The van der Waals surface area contributed by atoms with E-state index in [1.165, 1.54) is 0 Å². The topological polar surface area (TPSA) is 82.1 Å². The Bertz CT molecular complexity index is 733. The molecule has 4 aliphatic rings. The third-order valence-corrected chi connectivity index (χ3v) is 8.26. The maximum Gasteiger partial charge on any atom is 0.309 e. The molecule has 1 aliphatic carbocycles. The van der Waals surface area contributed by atoms with Crippen LogP contribution in [0.4, 0.5) is 0 Å². The molecule has 2 bridgehead atoms. The van der Waals surface area contributed by atoms with Crippen LogP contribution in [0.25, 0.3) is 0 Å². The third-order valence-electron chi connectivity index (χ3n) is 8.26. The van der Waals surface area contributed by atoms with Gasteiger partial charge in [0.25, 0.3) is 0 Å². The number of rotatable bonds is 3. The van der Waals surface area contributed by atoms with Crippen molar-refractivity contribution in [2.45, 2.75) is 102 Å². The second-order valence-corrected chi connectivity index (χ2v) is 10.4. The zero-order valence-corrected chi connectivity index (χ0v) is 18.7. The van der Waals surface area contributed by atoms with Gasteiger partial charge in [-0.25, -0.2) is 0 Å². The Morgan fingerprint density at radius 2 is 2.03 bits per heavy atom. The molecule has 0 amide bonds. The van der Waals surface area contributed by atoms with E-state index in [-0.39, 0.29) is 47.8 Å². The zero-order chi connectivity index (χ0) is 21.8. The zero-order valence-electron chi connectivity index (χ0n) is 18.7. The highest BCUT2D eigenvalue weighted by Gasteiger charge is 2.66. The Balaban J connectivity index is 1.79. The minimum atomic E-state index is -0.810. The first kappa shape index (κ1) is 21.8. The summed E-state index contributed by atoms with van der Waals surface area (Å²) in [5, 5.41) is 10.6. The van der Waals surface area contributed by atoms with Crippen LogP contribution >= 0.6 is 0 Å². The van der Waals surface area contributed by atoms with Gasteiger partial charge in [0, 0.05) is 18.3 Å². The fourth-order valence-corrected chi connectivity index (χ4v) is 6.62. The van der Waals surface area contributed by atoms with Gasteiger partial charge >= 0.3 is 11.9 Å². The lowest BCUT2D eigenvalue weighted by atomic mass is 9.58. The molecule has 0 radical (unpaired) electrons. The van der Waals surface area contributed by atoms with Gasteiger partial charge in [0.05, 0.1) is 18.1 Å². The van der Waals surface area contributed by atoms with Crippen LogP contribution in [0.1, 0.15) is 72.6 Å². The first-order chi connectivity index (χ1) is 14.1. The highest BCUT2D eigenvalue weighted by Crippen LogP contribution is 2.59. The Labute approximate surface area is 179 Å². The van der Waals surface area contributed by atoms with E-state index < -0.39 is 17.3 Å². The van der Waals surface area contributed by atoms with Gasteiger partial charge in [0.15, 0.2) is 0 Å². The summed E-state index contributed by atoms with van der Waals surface area (Å²) in [6.45, 7) is 12.0. The van der Waals surface area contributed by atoms with E-state index in [4.69, 9.17) is 14.2 Å². The molecule has 6 nitrogen and oxygen atoms in total. The van der Waals surface area contributed by atoms with Crippen LogP contribution < -0.4 is 0 Å². The van der Waals surface area contributed by atoms with Crippen molar-refractivity contribution >= 4 is 11.9 Å². The molecule has 3 aliphatic heterocycles. The Morgan fingerprint density at radius 3 is 2.73 bits per heavy atom. The number of ether oxygens (including phenoxy) is 3. The van der Waals surface area contributed by atoms with Crippen LogP contribution in [0, 0.1) is 23.7 Å². The number of carbonyl (C=O) groups excluding carboxylic acids is 2. The molecule has 9 atom stereocenters. The van der Waals surface area contributed by atoms with Crippen molar-refractivity contribution in [3.63, 3.8) is 0 Å². The highest BCUT2D eigenvalue weighted by atomic mass is 16.6. The van der Waals surface area contributed by atoms with Gasteiger partial charge in [-0.1, -0.05) is 20.4 Å². The van der Waals surface area contributed by atoms with Crippen molar-refractivity contribution in [3.05, 3.63) is 12.2 Å². The maximum atomic E-state index is 12.9. The molecule has 30 heavy (non-hydrogen) atoms. The van der Waals surface area contributed by atoms with Gasteiger partial charge in [0.1, 0.15) is 17.3 Å². The van der Waals surface area contributed by atoms with E-state index >= 15 is 0 Å². The van der Waals surface area contributed by atoms with Gasteiger partial charge in [-0.15, -0.1) is 0 Å². The maximum absolute atomic E-state index is 12.9. The van der Waals surface area contributed by atoms with Crippen molar-refractivity contribution < 1.29 is 28.9 Å². The van der Waals surface area contributed by atoms with Crippen LogP contribution in [0.3, 0.4) is 0 Å². The van der Waals surface area contributed by atoms with Crippen molar-refractivity contribution in [3.8, 4) is 0 Å². The van der Waals surface area contributed by atoms with E-state index in [2.05, 4.69) is 6.58 Å². The molecule has 168 valence electrons. The number of esters is 2. The number of hydrogen-bond donors (Lipinski definition) is 1. The monoisotopic (exact) mass is 420 g/mol. The lowest BCUT2D eigenvalue weighted by molar-refractivity contribution is -0.181. The summed E-state index contributed by atoms with van der Waals surface area (Å²) in [6.07, 6.45) is 3.05. The predicted octanol–water partition coefficient (Wildman–Crippen LogP) is 3.55. The Morgan fingerprint density at radius 1 is 1.30 bits per heavy atom. The molecule has 0 spiro atoms. The molecule has 0 aromatic rings. The van der Waals surface area contributed by atoms with E-state index in [0.717, 1.165) is 18.4 Å². The van der Waals surface area contributed by atoms with E-state index in [0.29, 0.717) is 32.1 Å². The van der Waals surface area contributed by atoms with Gasteiger partial charge in [-0.2, -0.15) is 0 Å². The SMILES string of the molecule is C=C1CC2OC3[C@H]4C(CCC(C)(OC(=O)CCC)[C@@H]24)[C@@H](C)C(=O)O[C@@]3(C)CC[C@H]1O. The van der Waals surface area contributed by atoms with Crippen LogP contribution in [-0.2, 0) is 23.8 Å². The number of hydrogen-bond acceptors (Lipinski definition) is 6. The predicted molar refractivity (Wildman–Crippen MR) is 110 cm³/mol. The summed E-state index contributed by atoms with van der Waals surface area (Å²) in [6, 6.07) is 0. The van der Waals surface area contributed by atoms with Crippen molar-refractivity contribution in [2.75, 3.05) is 0 Å². The average Bonchev–Trinajstić information content (AvgIpc) is 3.04. The number of fused-ring (bicyclic) bond motifs is 2. The molecule has 4 rings (SSSR count). The van der Waals surface area contributed by atoms with E-state index in [9.17, 15) is 14.7 Å². The van der Waals surface area contributed by atoms with Crippen molar-refractivity contribution in [1.29, 1.82) is 0 Å². The molecule has 3 saturated heterocycles. The van der Waals surface area contributed by atoms with Crippen LogP contribution in [0.2, 0.25) is 0 Å². The Hall–Kier alpha value is -1.40. The summed E-state index contributed by atoms with van der Waals surface area (Å²) in [4.78, 5) is 25.5. The van der Waals surface area contributed by atoms with Gasteiger partial charge in [-0.3, -0.25) is 9.59 Å². The molecule has 3 heterocycles. The van der Waals surface area contributed by atoms with Gasteiger partial charge in [0.2, 0.25) is 0 Å². The molecule has 6 heteroatoms. The summed E-state index contributed by atoms with van der Waals surface area (Å²) in [5.74, 6) is -0.444. The quantitative estimate of drug-likeness (QED) is 0.555. The summed E-state index contributed by atoms with van der Waals surface area (Å²) in [5.41, 5.74) is -0.730. The van der Waals surface area contributed by atoms with Crippen molar-refractivity contribution in [2.24, 2.45) is 23.7 Å². The molecule has 1 N–H and O–H groups in total. The van der Waals surface area contributed by atoms with Crippen LogP contribution in [-0.4, -0.2) is 46.6 Å². The van der Waals surface area contributed by atoms with Gasteiger partial charge in [-0.05, 0) is 63.9 Å². The number of aliphatic hydroxyl groups is 1. The first-order valence-electron chi connectivity index (χ1n) is 11.6. The second kappa shape index (κ2) is 7.63. The van der Waals surface area contributed by atoms with Crippen LogP contribution in [0.5, 0.6) is 0 Å². The average molecular weight is 421 g/mol. The number of carbonyl (C=O) groups is 2. The molecule has 0 aromatic carbocycles. The lowest BCUT2D eigenvalue weighted by Crippen LogP contribution is -2.55. The Kier molecular flexibility index (Phi) is 5.55. The van der Waals surface area contributed by atoms with Gasteiger partial charge < -0.3 is 19.3 Å². The van der Waals surface area contributed by atoms with Crippen molar-refractivity contribution in [1.82, 2.24) is 0 Å². The third kappa shape index (κ3) is 3.40. The summed E-state index contributed by atoms with van der Waals surface area (Å²) >= 11 is 0. The van der Waals surface area contributed by atoms with Crippen LogP contribution in [0.15, 0.2) is 12.2 Å². The van der Waals surface area contributed by atoms with E-state index in [1.54, 1.807) is 0 Å². The smallest absolute Gasteiger partial charge is 0.309 e. The normalized spacial score (nSPS) is 48.1. The summed E-state index contributed by atoms with van der Waals surface area (Å²) < 4.78 is 18.9. The largest absolute Gasteiger partial charge is 0.459 e. The first-order valence-corrected chi connectivity index (χ1v) is 11.6. The molecule has 0 aromatic heterocycles. The highest BCUT2D eigenvalue weighted by molar-refractivity contribution is 5.73. The standard InChI is InChI=1S/C24H36O6/c1-6-7-18(26)29-23(4)10-8-15-14(3)22(27)30-24(5)11-9-16(25)13(2)12-17-20(23)19(15)21(24)28-17/h14-17,19-21,25H,2,6-12H2,1,3-5H3/t14-,15?,16-,17?,19+,20+,21?,23?,24+/m1/s1. The molecule has 4 fully saturated rings. The number of aliphatic hydroxyl groups excluding tert-OH is 1. The molecule has 1 saturated carbocycles. The summed E-state index contributed by atoms with van der Waals surface area (Å²) in [7, 11) is 0. The fraction of sp³-hybridized carbons (Fsp3) is 0.833.